The summed E-state index contributed by atoms with van der Waals surface area (Å²) in [5, 5.41) is 0. The molecule has 0 atom stereocenters. The highest BCUT2D eigenvalue weighted by Gasteiger charge is 2.02. The summed E-state index contributed by atoms with van der Waals surface area (Å²) >= 11 is 0. The third-order valence-electron chi connectivity index (χ3n) is 6.61. The highest BCUT2D eigenvalue weighted by molar-refractivity contribution is 5.69. The molecule has 5 nitrogen and oxygen atoms in total. The van der Waals surface area contributed by atoms with Gasteiger partial charge in [0, 0.05) is 13.0 Å². The maximum Gasteiger partial charge on any atom is 0.305 e. The van der Waals surface area contributed by atoms with E-state index < -0.39 is 0 Å². The number of rotatable bonds is 31. The van der Waals surface area contributed by atoms with Crippen LogP contribution in [0.2, 0.25) is 0 Å². The molecule has 0 aromatic carbocycles. The second kappa shape index (κ2) is 32.4. The second-order valence-electron chi connectivity index (χ2n) is 10.2. The number of carbonyl (C=O) groups is 1. The molecule has 216 valence electrons. The minimum atomic E-state index is -0.118. The quantitative estimate of drug-likeness (QED) is 0.0683. The average molecular weight is 515 g/mol. The monoisotopic (exact) mass is 514 g/mol. The van der Waals surface area contributed by atoms with Crippen LogP contribution in [0.4, 0.5) is 0 Å². The third-order valence-corrected chi connectivity index (χ3v) is 6.61. The van der Waals surface area contributed by atoms with Crippen LogP contribution in [0.5, 0.6) is 0 Å². The summed E-state index contributed by atoms with van der Waals surface area (Å²) in [4.78, 5) is 11.5. The molecule has 0 heterocycles. The summed E-state index contributed by atoms with van der Waals surface area (Å²) in [5.74, 6) is -0.118. The summed E-state index contributed by atoms with van der Waals surface area (Å²) in [6.07, 6.45) is 27.2. The Kier molecular flexibility index (Phi) is 31.8. The maximum absolute atomic E-state index is 11.5. The summed E-state index contributed by atoms with van der Waals surface area (Å²) in [6, 6.07) is 0. The van der Waals surface area contributed by atoms with E-state index in [0.717, 1.165) is 25.9 Å². The molecule has 0 aromatic heterocycles. The standard InChI is InChI=1S/C31H62O5/c1-3-5-7-9-10-11-12-13-14-15-16-17-18-19-20-22-24-33-25-26-34-27-28-35-29-30-36-31(32)23-21-8-6-4-2/h3-30H2,1-2H3. The lowest BCUT2D eigenvalue weighted by molar-refractivity contribution is -0.145. The maximum atomic E-state index is 11.5. The van der Waals surface area contributed by atoms with E-state index >= 15 is 0 Å². The van der Waals surface area contributed by atoms with E-state index in [4.69, 9.17) is 18.9 Å². The van der Waals surface area contributed by atoms with Crippen molar-refractivity contribution in [3.05, 3.63) is 0 Å². The topological polar surface area (TPSA) is 54.0 Å². The van der Waals surface area contributed by atoms with Gasteiger partial charge in [0.15, 0.2) is 0 Å². The van der Waals surface area contributed by atoms with Gasteiger partial charge in [-0.2, -0.15) is 0 Å². The van der Waals surface area contributed by atoms with Gasteiger partial charge in [-0.25, -0.2) is 0 Å². The van der Waals surface area contributed by atoms with Crippen molar-refractivity contribution >= 4 is 5.97 Å². The molecule has 36 heavy (non-hydrogen) atoms. The Morgan fingerprint density at radius 2 is 0.722 bits per heavy atom. The fourth-order valence-electron chi connectivity index (χ4n) is 4.28. The first-order chi connectivity index (χ1) is 17.8. The van der Waals surface area contributed by atoms with Crippen molar-refractivity contribution in [3.8, 4) is 0 Å². The van der Waals surface area contributed by atoms with Gasteiger partial charge in [-0.05, 0) is 12.8 Å². The smallest absolute Gasteiger partial charge is 0.305 e. The lowest BCUT2D eigenvalue weighted by atomic mass is 10.0. The zero-order chi connectivity index (χ0) is 26.2. The fraction of sp³-hybridized carbons (Fsp3) is 0.968. The SMILES string of the molecule is CCCCCCCCCCCCCCCCCCOCCOCCOCCOC(=O)CCCCCC. The Morgan fingerprint density at radius 1 is 0.389 bits per heavy atom. The number of ether oxygens (including phenoxy) is 4. The number of carbonyl (C=O) groups excluding carboxylic acids is 1. The molecule has 0 saturated carbocycles. The molecular weight excluding hydrogens is 452 g/mol. The second-order valence-corrected chi connectivity index (χ2v) is 10.2. The average Bonchev–Trinajstić information content (AvgIpc) is 2.88. The molecule has 0 saturated heterocycles. The Hall–Kier alpha value is -0.650. The summed E-state index contributed by atoms with van der Waals surface area (Å²) in [5.41, 5.74) is 0. The largest absolute Gasteiger partial charge is 0.463 e. The van der Waals surface area contributed by atoms with Crippen molar-refractivity contribution < 1.29 is 23.7 Å². The number of unbranched alkanes of at least 4 members (excludes halogenated alkanes) is 18. The molecule has 0 unspecified atom stereocenters. The van der Waals surface area contributed by atoms with E-state index in [2.05, 4.69) is 13.8 Å². The van der Waals surface area contributed by atoms with Crippen LogP contribution in [-0.4, -0.2) is 52.2 Å². The van der Waals surface area contributed by atoms with Gasteiger partial charge in [0.1, 0.15) is 6.61 Å². The molecule has 0 spiro atoms. The van der Waals surface area contributed by atoms with Crippen molar-refractivity contribution in [2.24, 2.45) is 0 Å². The molecule has 0 bridgehead atoms. The van der Waals surface area contributed by atoms with Crippen molar-refractivity contribution in [1.82, 2.24) is 0 Å². The molecule has 0 amide bonds. The van der Waals surface area contributed by atoms with Gasteiger partial charge in [0.2, 0.25) is 0 Å². The van der Waals surface area contributed by atoms with Crippen molar-refractivity contribution in [3.63, 3.8) is 0 Å². The first-order valence-electron chi connectivity index (χ1n) is 15.7. The Labute approximate surface area is 224 Å². The van der Waals surface area contributed by atoms with E-state index in [-0.39, 0.29) is 5.97 Å². The first-order valence-corrected chi connectivity index (χ1v) is 15.7. The molecule has 5 heteroatoms. The highest BCUT2D eigenvalue weighted by atomic mass is 16.6. The van der Waals surface area contributed by atoms with Gasteiger partial charge in [-0.3, -0.25) is 4.79 Å². The van der Waals surface area contributed by atoms with Gasteiger partial charge in [-0.15, -0.1) is 0 Å². The number of esters is 1. The molecule has 0 rings (SSSR count). The van der Waals surface area contributed by atoms with E-state index in [0.29, 0.717) is 46.1 Å². The van der Waals surface area contributed by atoms with Crippen LogP contribution in [0, 0.1) is 0 Å². The van der Waals surface area contributed by atoms with E-state index in [1.807, 2.05) is 0 Å². The van der Waals surface area contributed by atoms with E-state index in [1.54, 1.807) is 0 Å². The predicted molar refractivity (Wildman–Crippen MR) is 152 cm³/mol. The van der Waals surface area contributed by atoms with Crippen LogP contribution >= 0.6 is 0 Å². The third kappa shape index (κ3) is 31.4. The lowest BCUT2D eigenvalue weighted by Crippen LogP contribution is -2.14. The molecule has 0 aromatic rings. The van der Waals surface area contributed by atoms with Crippen LogP contribution < -0.4 is 0 Å². The Bertz CT molecular complexity index is 416. The van der Waals surface area contributed by atoms with Crippen molar-refractivity contribution in [1.29, 1.82) is 0 Å². The molecule has 0 fully saturated rings. The minimum absolute atomic E-state index is 0.118. The Morgan fingerprint density at radius 3 is 1.17 bits per heavy atom. The van der Waals surface area contributed by atoms with E-state index in [9.17, 15) is 4.79 Å². The number of hydrogen-bond acceptors (Lipinski definition) is 5. The minimum Gasteiger partial charge on any atom is -0.463 e. The fourth-order valence-corrected chi connectivity index (χ4v) is 4.28. The molecule has 0 N–H and O–H groups in total. The zero-order valence-corrected chi connectivity index (χ0v) is 24.3. The molecule has 0 aliphatic carbocycles. The molecule has 0 radical (unpaired) electrons. The van der Waals surface area contributed by atoms with Crippen LogP contribution in [-0.2, 0) is 23.7 Å². The Balaban J connectivity index is 3.07. The van der Waals surface area contributed by atoms with Gasteiger partial charge < -0.3 is 18.9 Å². The van der Waals surface area contributed by atoms with Crippen molar-refractivity contribution in [2.45, 2.75) is 149 Å². The molecule has 0 aliphatic rings. The van der Waals surface area contributed by atoms with Gasteiger partial charge in [0.05, 0.1) is 33.0 Å². The lowest BCUT2D eigenvalue weighted by Gasteiger charge is -2.08. The van der Waals surface area contributed by atoms with Gasteiger partial charge in [0.25, 0.3) is 0 Å². The number of hydrogen-bond donors (Lipinski definition) is 0. The van der Waals surface area contributed by atoms with E-state index in [1.165, 1.54) is 109 Å². The molecular formula is C31H62O5. The zero-order valence-electron chi connectivity index (χ0n) is 24.3. The van der Waals surface area contributed by atoms with Gasteiger partial charge >= 0.3 is 5.97 Å². The first kappa shape index (κ1) is 35.4. The molecule has 0 aliphatic heterocycles. The summed E-state index contributed by atoms with van der Waals surface area (Å²) < 4.78 is 21.7. The van der Waals surface area contributed by atoms with Crippen LogP contribution in [0.1, 0.15) is 149 Å². The summed E-state index contributed by atoms with van der Waals surface area (Å²) in [7, 11) is 0. The van der Waals surface area contributed by atoms with Crippen LogP contribution in [0.15, 0.2) is 0 Å². The van der Waals surface area contributed by atoms with Crippen molar-refractivity contribution in [2.75, 3.05) is 46.2 Å². The van der Waals surface area contributed by atoms with Gasteiger partial charge in [-0.1, -0.05) is 129 Å². The normalized spacial score (nSPS) is 11.3. The summed E-state index contributed by atoms with van der Waals surface area (Å²) in [6.45, 7) is 8.37. The highest BCUT2D eigenvalue weighted by Crippen LogP contribution is 2.13. The predicted octanol–water partition coefficient (Wildman–Crippen LogP) is 8.81. The van der Waals surface area contributed by atoms with Crippen LogP contribution in [0.3, 0.4) is 0 Å². The van der Waals surface area contributed by atoms with Crippen LogP contribution in [0.25, 0.3) is 0 Å².